The van der Waals surface area contributed by atoms with Crippen molar-refractivity contribution < 1.29 is 9.13 Å². The second-order valence-corrected chi connectivity index (χ2v) is 3.87. The maximum Gasteiger partial charge on any atom is 0.204 e. The van der Waals surface area contributed by atoms with Gasteiger partial charge in [-0.25, -0.2) is 4.39 Å². The Balaban J connectivity index is 2.34. The molecular formula is C13H13FN2O2. The first-order valence-electron chi connectivity index (χ1n) is 5.39. The van der Waals surface area contributed by atoms with E-state index in [2.05, 4.69) is 0 Å². The van der Waals surface area contributed by atoms with Crippen LogP contribution < -0.4 is 15.9 Å². The number of aromatic nitrogens is 1. The molecule has 0 atom stereocenters. The van der Waals surface area contributed by atoms with Crippen molar-refractivity contribution in [3.8, 4) is 5.75 Å². The van der Waals surface area contributed by atoms with Crippen LogP contribution in [0.4, 0.5) is 10.1 Å². The number of rotatable bonds is 3. The quantitative estimate of drug-likeness (QED) is 0.898. The molecule has 2 rings (SSSR count). The summed E-state index contributed by atoms with van der Waals surface area (Å²) in [5.74, 6) is -0.209. The van der Waals surface area contributed by atoms with E-state index < -0.39 is 5.82 Å². The average Bonchev–Trinajstić information content (AvgIpc) is 2.36. The molecule has 2 N–H and O–H groups in total. The van der Waals surface area contributed by atoms with Gasteiger partial charge in [0.1, 0.15) is 0 Å². The molecule has 4 nitrogen and oxygen atoms in total. The number of nitrogens with two attached hydrogens (primary N) is 1. The number of ether oxygens (including phenoxy) is 1. The van der Waals surface area contributed by atoms with Gasteiger partial charge in [-0.3, -0.25) is 4.79 Å². The van der Waals surface area contributed by atoms with Crippen molar-refractivity contribution in [2.24, 2.45) is 0 Å². The number of nitrogen functional groups attached to an aromatic ring is 1. The highest BCUT2D eigenvalue weighted by molar-refractivity contribution is 5.35. The summed E-state index contributed by atoms with van der Waals surface area (Å²) in [5, 5.41) is 0. The summed E-state index contributed by atoms with van der Waals surface area (Å²) in [6.07, 6.45) is 3.05. The smallest absolute Gasteiger partial charge is 0.204 e. The van der Waals surface area contributed by atoms with Crippen molar-refractivity contribution in [1.29, 1.82) is 0 Å². The lowest BCUT2D eigenvalue weighted by atomic mass is 10.2. The first kappa shape index (κ1) is 12.2. The fraction of sp³-hybridized carbons (Fsp3) is 0.154. The predicted molar refractivity (Wildman–Crippen MR) is 67.2 cm³/mol. The predicted octanol–water partition coefficient (Wildman–Crippen LogP) is 1.63. The Morgan fingerprint density at radius 1 is 1.39 bits per heavy atom. The first-order valence-corrected chi connectivity index (χ1v) is 5.39. The molecular weight excluding hydrogens is 235 g/mol. The molecule has 18 heavy (non-hydrogen) atoms. The summed E-state index contributed by atoms with van der Waals surface area (Å²) in [6, 6.07) is 6.28. The molecule has 0 fully saturated rings. The van der Waals surface area contributed by atoms with Crippen LogP contribution in [0.5, 0.6) is 5.75 Å². The minimum Gasteiger partial charge on any atom is -0.494 e. The third-order valence-corrected chi connectivity index (χ3v) is 2.62. The summed E-state index contributed by atoms with van der Waals surface area (Å²) in [6.45, 7) is 0.285. The average molecular weight is 248 g/mol. The van der Waals surface area contributed by atoms with Crippen molar-refractivity contribution in [2.45, 2.75) is 6.54 Å². The van der Waals surface area contributed by atoms with Gasteiger partial charge in [-0.1, -0.05) is 12.1 Å². The fourth-order valence-electron chi connectivity index (χ4n) is 1.68. The monoisotopic (exact) mass is 248 g/mol. The lowest BCUT2D eigenvalue weighted by Crippen LogP contribution is -2.11. The van der Waals surface area contributed by atoms with Crippen LogP contribution in [0, 0.1) is 5.82 Å². The number of pyridine rings is 1. The van der Waals surface area contributed by atoms with E-state index in [0.717, 1.165) is 0 Å². The van der Waals surface area contributed by atoms with Gasteiger partial charge < -0.3 is 15.0 Å². The molecule has 2 aromatic rings. The van der Waals surface area contributed by atoms with E-state index in [1.165, 1.54) is 19.4 Å². The Kier molecular flexibility index (Phi) is 3.32. The van der Waals surface area contributed by atoms with Gasteiger partial charge in [0.25, 0.3) is 0 Å². The molecule has 0 unspecified atom stereocenters. The van der Waals surface area contributed by atoms with E-state index in [4.69, 9.17) is 10.5 Å². The number of methoxy groups -OCH3 is 1. The number of anilines is 1. The van der Waals surface area contributed by atoms with E-state index in [9.17, 15) is 9.18 Å². The zero-order valence-electron chi connectivity index (χ0n) is 9.89. The van der Waals surface area contributed by atoms with Gasteiger partial charge in [-0.2, -0.15) is 0 Å². The van der Waals surface area contributed by atoms with Gasteiger partial charge in [0.05, 0.1) is 19.3 Å². The summed E-state index contributed by atoms with van der Waals surface area (Å²) in [4.78, 5) is 11.2. The molecule has 0 bridgehead atoms. The Morgan fingerprint density at radius 3 is 2.83 bits per heavy atom. The molecule has 0 amide bonds. The molecule has 1 aromatic carbocycles. The highest BCUT2D eigenvalue weighted by Crippen LogP contribution is 2.20. The maximum atomic E-state index is 13.9. The highest BCUT2D eigenvalue weighted by Gasteiger charge is 2.08. The molecule has 0 spiro atoms. The van der Waals surface area contributed by atoms with E-state index in [0.29, 0.717) is 5.56 Å². The zero-order valence-corrected chi connectivity index (χ0v) is 9.89. The number of benzene rings is 1. The van der Waals surface area contributed by atoms with Gasteiger partial charge >= 0.3 is 0 Å². The van der Waals surface area contributed by atoms with Gasteiger partial charge in [-0.15, -0.1) is 0 Å². The second-order valence-electron chi connectivity index (χ2n) is 3.87. The van der Waals surface area contributed by atoms with Crippen LogP contribution in [0.2, 0.25) is 0 Å². The van der Waals surface area contributed by atoms with Crippen molar-refractivity contribution >= 4 is 5.69 Å². The lowest BCUT2D eigenvalue weighted by molar-refractivity contribution is 0.383. The van der Waals surface area contributed by atoms with Crippen molar-refractivity contribution in [1.82, 2.24) is 4.57 Å². The van der Waals surface area contributed by atoms with E-state index in [1.54, 1.807) is 29.0 Å². The van der Waals surface area contributed by atoms with Crippen LogP contribution in [-0.2, 0) is 6.54 Å². The number of hydrogen-bond donors (Lipinski definition) is 1. The normalized spacial score (nSPS) is 10.3. The molecule has 94 valence electrons. The van der Waals surface area contributed by atoms with Gasteiger partial charge in [0.2, 0.25) is 5.43 Å². The van der Waals surface area contributed by atoms with Crippen molar-refractivity contribution in [3.63, 3.8) is 0 Å². The summed E-state index contributed by atoms with van der Waals surface area (Å²) in [7, 11) is 1.42. The maximum absolute atomic E-state index is 13.9. The van der Waals surface area contributed by atoms with Gasteiger partial charge in [0, 0.05) is 24.0 Å². The lowest BCUT2D eigenvalue weighted by Gasteiger charge is -2.10. The molecule has 5 heteroatoms. The molecule has 0 saturated carbocycles. The number of nitrogens with zero attached hydrogens (tertiary/aromatic N) is 1. The Hall–Kier alpha value is -2.30. The van der Waals surface area contributed by atoms with Crippen LogP contribution in [0.25, 0.3) is 0 Å². The van der Waals surface area contributed by atoms with Crippen LogP contribution >= 0.6 is 0 Å². The summed E-state index contributed by atoms with van der Waals surface area (Å²) in [5.41, 5.74) is 5.89. The largest absolute Gasteiger partial charge is 0.494 e. The van der Waals surface area contributed by atoms with Gasteiger partial charge in [-0.05, 0) is 6.07 Å². The Labute approximate surface area is 103 Å². The van der Waals surface area contributed by atoms with Gasteiger partial charge in [0.15, 0.2) is 11.6 Å². The minimum atomic E-state index is -0.405. The van der Waals surface area contributed by atoms with Crippen LogP contribution in [0.15, 0.2) is 41.5 Å². The Morgan fingerprint density at radius 2 is 2.17 bits per heavy atom. The van der Waals surface area contributed by atoms with Crippen molar-refractivity contribution in [2.75, 3.05) is 12.8 Å². The topological polar surface area (TPSA) is 57.2 Å². The standard InChI is InChI=1S/C13H13FN2O2/c1-18-12-4-2-3-9(13(12)14)7-16-6-5-11(17)10(15)8-16/h2-6,8H,7,15H2,1H3. The van der Waals surface area contributed by atoms with Crippen molar-refractivity contribution in [3.05, 3.63) is 58.3 Å². The van der Waals surface area contributed by atoms with Crippen LogP contribution in [-0.4, -0.2) is 11.7 Å². The molecule has 0 aliphatic rings. The number of hydrogen-bond acceptors (Lipinski definition) is 3. The molecule has 1 aromatic heterocycles. The fourth-order valence-corrected chi connectivity index (χ4v) is 1.68. The first-order chi connectivity index (χ1) is 8.61. The summed E-state index contributed by atoms with van der Waals surface area (Å²) >= 11 is 0. The van der Waals surface area contributed by atoms with E-state index in [1.807, 2.05) is 0 Å². The SMILES string of the molecule is COc1cccc(Cn2ccc(=O)c(N)c2)c1F. The Bertz CT molecular complexity index is 623. The molecule has 0 saturated heterocycles. The van der Waals surface area contributed by atoms with Crippen LogP contribution in [0.1, 0.15) is 5.56 Å². The molecule has 0 aliphatic carbocycles. The molecule has 0 radical (unpaired) electrons. The highest BCUT2D eigenvalue weighted by atomic mass is 19.1. The second kappa shape index (κ2) is 4.91. The molecule has 1 heterocycles. The third kappa shape index (κ3) is 2.34. The summed E-state index contributed by atoms with van der Waals surface area (Å²) < 4.78 is 20.5. The minimum absolute atomic E-state index is 0.140. The zero-order chi connectivity index (χ0) is 13.1. The number of halogens is 1. The van der Waals surface area contributed by atoms with Crippen LogP contribution in [0.3, 0.4) is 0 Å². The third-order valence-electron chi connectivity index (χ3n) is 2.62. The molecule has 0 aliphatic heterocycles. The van der Waals surface area contributed by atoms with E-state index >= 15 is 0 Å². The van der Waals surface area contributed by atoms with E-state index in [-0.39, 0.29) is 23.4 Å².